The van der Waals surface area contributed by atoms with Gasteiger partial charge in [-0.15, -0.1) is 27.8 Å². The van der Waals surface area contributed by atoms with E-state index in [1.165, 1.54) is 11.8 Å². The summed E-state index contributed by atoms with van der Waals surface area (Å²) in [6, 6.07) is 8.23. The van der Waals surface area contributed by atoms with E-state index in [1.54, 1.807) is 32.4 Å². The van der Waals surface area contributed by atoms with Gasteiger partial charge in [-0.1, -0.05) is 23.9 Å². The van der Waals surface area contributed by atoms with Crippen LogP contribution in [0.4, 0.5) is 0 Å². The molecule has 0 bridgehead atoms. The number of amides is 1. The molecule has 3 aromatic rings. The fourth-order valence-corrected chi connectivity index (χ4v) is 5.22. The van der Waals surface area contributed by atoms with Gasteiger partial charge in [0.05, 0.1) is 28.4 Å². The summed E-state index contributed by atoms with van der Waals surface area (Å²) in [6.45, 7) is 4.01. The molecule has 1 amide bonds. The predicted octanol–water partition coefficient (Wildman–Crippen LogP) is 3.85. The molecule has 1 aliphatic rings. The summed E-state index contributed by atoms with van der Waals surface area (Å²) >= 11 is 4.65. The molecule has 0 fully saturated rings. The maximum Gasteiger partial charge on any atom is 0.253 e. The van der Waals surface area contributed by atoms with E-state index in [2.05, 4.69) is 32.8 Å². The number of aromatic nitrogens is 4. The van der Waals surface area contributed by atoms with Crippen LogP contribution in [0.3, 0.4) is 0 Å². The van der Waals surface area contributed by atoms with Crippen LogP contribution in [0.15, 0.2) is 45.3 Å². The Morgan fingerprint density at radius 2 is 2.11 bits per heavy atom. The first-order valence-electron chi connectivity index (χ1n) is 8.51. The molecule has 4 rings (SSSR count). The average Bonchev–Trinajstić information content (AvgIpc) is 3.45. The lowest BCUT2D eigenvalue weighted by molar-refractivity contribution is -0.130. The molecule has 27 heavy (non-hydrogen) atoms. The fraction of sp³-hybridized carbons (Fsp3) is 0.353. The zero-order chi connectivity index (χ0) is 18.8. The van der Waals surface area contributed by atoms with Gasteiger partial charge < -0.3 is 0 Å². The number of thiophene rings is 2. The maximum absolute atomic E-state index is 13.0. The summed E-state index contributed by atoms with van der Waals surface area (Å²) in [5.74, 6) is 0.208. The monoisotopic (exact) mass is 418 g/mol. The van der Waals surface area contributed by atoms with Crippen molar-refractivity contribution in [1.29, 1.82) is 0 Å². The number of tetrazole rings is 1. The summed E-state index contributed by atoms with van der Waals surface area (Å²) < 4.78 is 1.72. The van der Waals surface area contributed by atoms with E-state index in [0.29, 0.717) is 5.16 Å². The number of nitrogens with zero attached hydrogens (tertiary/aromatic N) is 6. The average molecular weight is 419 g/mol. The van der Waals surface area contributed by atoms with Gasteiger partial charge in [-0.2, -0.15) is 5.10 Å². The zero-order valence-corrected chi connectivity index (χ0v) is 17.3. The lowest BCUT2D eigenvalue weighted by Gasteiger charge is -2.20. The van der Waals surface area contributed by atoms with Crippen molar-refractivity contribution >= 4 is 46.1 Å². The minimum Gasteiger partial charge on any atom is -0.272 e. The Balaban J connectivity index is 1.53. The summed E-state index contributed by atoms with van der Waals surface area (Å²) in [6.07, 6.45) is 0.737. The topological polar surface area (TPSA) is 76.3 Å². The van der Waals surface area contributed by atoms with Crippen LogP contribution in [0, 0.1) is 0 Å². The molecule has 0 aliphatic carbocycles. The molecule has 0 aromatic carbocycles. The highest BCUT2D eigenvalue weighted by Crippen LogP contribution is 2.36. The molecule has 0 spiro atoms. The van der Waals surface area contributed by atoms with Crippen LogP contribution in [0.5, 0.6) is 0 Å². The van der Waals surface area contributed by atoms with E-state index < -0.39 is 0 Å². The third kappa shape index (κ3) is 3.83. The first kappa shape index (κ1) is 18.3. The molecule has 0 saturated heterocycles. The summed E-state index contributed by atoms with van der Waals surface area (Å²) in [5.41, 5.74) is 0.966. The summed E-state index contributed by atoms with van der Waals surface area (Å²) in [7, 11) is 0. The predicted molar refractivity (Wildman–Crippen MR) is 108 cm³/mol. The van der Waals surface area contributed by atoms with Gasteiger partial charge in [-0.25, -0.2) is 9.69 Å². The number of carbonyl (C=O) groups excluding carboxylic acids is 1. The van der Waals surface area contributed by atoms with Gasteiger partial charge in [-0.05, 0) is 47.2 Å². The second kappa shape index (κ2) is 7.91. The Labute approximate surface area is 169 Å². The molecule has 1 atom stereocenters. The number of hydrazone groups is 1. The normalized spacial score (nSPS) is 16.9. The molecule has 3 aromatic heterocycles. The number of hydrogen-bond acceptors (Lipinski definition) is 8. The van der Waals surface area contributed by atoms with E-state index in [-0.39, 0.29) is 23.7 Å². The van der Waals surface area contributed by atoms with Gasteiger partial charge >= 0.3 is 0 Å². The second-order valence-electron chi connectivity index (χ2n) is 6.29. The van der Waals surface area contributed by atoms with Crippen molar-refractivity contribution in [2.24, 2.45) is 5.10 Å². The van der Waals surface area contributed by atoms with Crippen LogP contribution in [0.1, 0.15) is 42.1 Å². The molecule has 0 unspecified atom stereocenters. The van der Waals surface area contributed by atoms with Crippen LogP contribution in [-0.2, 0) is 4.79 Å². The van der Waals surface area contributed by atoms with Gasteiger partial charge in [-0.3, -0.25) is 4.79 Å². The Kier molecular flexibility index (Phi) is 5.37. The van der Waals surface area contributed by atoms with Crippen molar-refractivity contribution in [3.63, 3.8) is 0 Å². The van der Waals surface area contributed by atoms with Crippen LogP contribution in [-0.4, -0.2) is 42.6 Å². The number of thioether (sulfide) groups is 1. The molecule has 1 aliphatic heterocycles. The van der Waals surface area contributed by atoms with E-state index in [0.717, 1.165) is 21.9 Å². The fourth-order valence-electron chi connectivity index (χ4n) is 2.83. The van der Waals surface area contributed by atoms with Crippen molar-refractivity contribution in [3.05, 3.63) is 44.8 Å². The third-order valence-electron chi connectivity index (χ3n) is 4.12. The number of rotatable bonds is 6. The smallest absolute Gasteiger partial charge is 0.253 e. The largest absolute Gasteiger partial charge is 0.272 e. The maximum atomic E-state index is 13.0. The lowest BCUT2D eigenvalue weighted by atomic mass is 10.1. The first-order chi connectivity index (χ1) is 13.1. The quantitative estimate of drug-likeness (QED) is 0.568. The standard InChI is InChI=1S/C17H18N6OS3/c1-11(2)22-17(18-20-21-22)27-10-16(24)23-13(15-6-4-8-26-15)9-12(19-23)14-5-3-7-25-14/h3-8,11,13H,9-10H2,1-2H3/t13-/m0/s1. The van der Waals surface area contributed by atoms with Gasteiger partial charge in [0.15, 0.2) is 0 Å². The molecular formula is C17H18N6OS3. The van der Waals surface area contributed by atoms with Gasteiger partial charge in [0.1, 0.15) is 0 Å². The Morgan fingerprint density at radius 1 is 1.30 bits per heavy atom. The van der Waals surface area contributed by atoms with Crippen molar-refractivity contribution in [2.45, 2.75) is 37.5 Å². The molecule has 0 radical (unpaired) electrons. The number of hydrogen-bond donors (Lipinski definition) is 0. The van der Waals surface area contributed by atoms with Gasteiger partial charge in [0.2, 0.25) is 5.16 Å². The van der Waals surface area contributed by atoms with E-state index in [4.69, 9.17) is 0 Å². The molecule has 0 N–H and O–H groups in total. The van der Waals surface area contributed by atoms with Crippen molar-refractivity contribution in [3.8, 4) is 0 Å². The highest BCUT2D eigenvalue weighted by atomic mass is 32.2. The van der Waals surface area contributed by atoms with Crippen molar-refractivity contribution < 1.29 is 4.79 Å². The summed E-state index contributed by atoms with van der Waals surface area (Å²) in [4.78, 5) is 15.2. The van der Waals surface area contributed by atoms with E-state index >= 15 is 0 Å². The first-order valence-corrected chi connectivity index (χ1v) is 11.3. The van der Waals surface area contributed by atoms with E-state index in [1.807, 2.05) is 36.7 Å². The second-order valence-corrected chi connectivity index (χ2v) is 9.16. The van der Waals surface area contributed by atoms with Crippen molar-refractivity contribution in [2.75, 3.05) is 5.75 Å². The van der Waals surface area contributed by atoms with Crippen LogP contribution in [0.2, 0.25) is 0 Å². The molecule has 7 nitrogen and oxygen atoms in total. The molecule has 140 valence electrons. The SMILES string of the molecule is CC(C)n1nnnc1SCC(=O)N1N=C(c2cccs2)C[C@H]1c1cccs1. The number of carbonyl (C=O) groups is 1. The molecule has 0 saturated carbocycles. The summed E-state index contributed by atoms with van der Waals surface area (Å²) in [5, 5.41) is 22.7. The van der Waals surface area contributed by atoms with Crippen LogP contribution in [0.25, 0.3) is 0 Å². The highest BCUT2D eigenvalue weighted by Gasteiger charge is 2.34. The van der Waals surface area contributed by atoms with Gasteiger partial charge in [0, 0.05) is 11.3 Å². The van der Waals surface area contributed by atoms with E-state index in [9.17, 15) is 4.79 Å². The molecular weight excluding hydrogens is 400 g/mol. The lowest BCUT2D eigenvalue weighted by Crippen LogP contribution is -2.28. The zero-order valence-electron chi connectivity index (χ0n) is 14.8. The Bertz CT molecular complexity index is 932. The highest BCUT2D eigenvalue weighted by molar-refractivity contribution is 7.99. The molecule has 4 heterocycles. The van der Waals surface area contributed by atoms with Crippen LogP contribution < -0.4 is 0 Å². The van der Waals surface area contributed by atoms with Gasteiger partial charge in [0.25, 0.3) is 5.91 Å². The van der Waals surface area contributed by atoms with Crippen LogP contribution >= 0.6 is 34.4 Å². The Hall–Kier alpha value is -2.04. The Morgan fingerprint density at radius 3 is 2.81 bits per heavy atom. The third-order valence-corrected chi connectivity index (χ3v) is 6.93. The molecule has 10 heteroatoms. The minimum atomic E-state index is -0.0451. The minimum absolute atomic E-state index is 0.0386. The van der Waals surface area contributed by atoms with Crippen molar-refractivity contribution in [1.82, 2.24) is 25.2 Å².